The molecule has 1 fully saturated rings. The molecule has 0 saturated heterocycles. The Morgan fingerprint density at radius 1 is 1.59 bits per heavy atom. The lowest BCUT2D eigenvalue weighted by atomic mass is 10.4. The van der Waals surface area contributed by atoms with E-state index in [1.165, 1.54) is 12.8 Å². The number of hydrogen-bond acceptors (Lipinski definition) is 5. The van der Waals surface area contributed by atoms with Crippen molar-refractivity contribution in [2.45, 2.75) is 26.7 Å². The van der Waals surface area contributed by atoms with Crippen LogP contribution in [0.5, 0.6) is 0 Å². The summed E-state index contributed by atoms with van der Waals surface area (Å²) in [5.41, 5.74) is 0.467. The van der Waals surface area contributed by atoms with Crippen molar-refractivity contribution in [3.63, 3.8) is 0 Å². The highest BCUT2D eigenvalue weighted by atomic mass is 32.1. The maximum Gasteiger partial charge on any atom is 0.358 e. The number of aromatic nitrogens is 1. The molecule has 4 nitrogen and oxygen atoms in total. The SMILES string of the molecule is CCOC(=O)c1nc(N(C)CC2CC2)sc1C. The summed E-state index contributed by atoms with van der Waals surface area (Å²) in [4.78, 5) is 19.1. The van der Waals surface area contributed by atoms with Gasteiger partial charge in [0.05, 0.1) is 6.61 Å². The monoisotopic (exact) mass is 254 g/mol. The summed E-state index contributed by atoms with van der Waals surface area (Å²) in [5, 5.41) is 0.914. The van der Waals surface area contributed by atoms with Crippen molar-refractivity contribution in [3.8, 4) is 0 Å². The van der Waals surface area contributed by atoms with E-state index in [0.717, 1.165) is 22.5 Å². The first-order chi connectivity index (χ1) is 8.11. The second-order valence-electron chi connectivity index (χ2n) is 4.45. The Hall–Kier alpha value is -1.10. The van der Waals surface area contributed by atoms with Crippen LogP contribution < -0.4 is 4.90 Å². The average Bonchev–Trinajstić information content (AvgIpc) is 2.99. The van der Waals surface area contributed by atoms with Crippen molar-refractivity contribution in [2.24, 2.45) is 5.92 Å². The molecule has 5 heteroatoms. The maximum absolute atomic E-state index is 11.6. The highest BCUT2D eigenvalue weighted by molar-refractivity contribution is 7.15. The van der Waals surface area contributed by atoms with Gasteiger partial charge in [-0.15, -0.1) is 11.3 Å². The zero-order valence-electron chi connectivity index (χ0n) is 10.5. The van der Waals surface area contributed by atoms with Crippen LogP contribution >= 0.6 is 11.3 Å². The minimum atomic E-state index is -0.313. The lowest BCUT2D eigenvalue weighted by Gasteiger charge is -2.14. The Balaban J connectivity index is 2.08. The fraction of sp³-hybridized carbons (Fsp3) is 0.667. The predicted octanol–water partition coefficient (Wildman–Crippen LogP) is 2.47. The summed E-state index contributed by atoms with van der Waals surface area (Å²) < 4.78 is 4.98. The second kappa shape index (κ2) is 5.04. The van der Waals surface area contributed by atoms with Gasteiger partial charge in [-0.3, -0.25) is 0 Å². The molecule has 2 rings (SSSR count). The third-order valence-electron chi connectivity index (χ3n) is 2.81. The molecule has 0 bridgehead atoms. The molecule has 1 aromatic rings. The van der Waals surface area contributed by atoms with E-state index < -0.39 is 0 Å². The lowest BCUT2D eigenvalue weighted by molar-refractivity contribution is 0.0519. The highest BCUT2D eigenvalue weighted by Crippen LogP contribution is 2.32. The van der Waals surface area contributed by atoms with Crippen molar-refractivity contribution in [2.75, 3.05) is 25.1 Å². The number of anilines is 1. The van der Waals surface area contributed by atoms with Crippen LogP contribution in [0.15, 0.2) is 0 Å². The summed E-state index contributed by atoms with van der Waals surface area (Å²) >= 11 is 1.56. The first-order valence-electron chi connectivity index (χ1n) is 5.97. The molecular weight excluding hydrogens is 236 g/mol. The number of aryl methyl sites for hydroxylation is 1. The molecule has 1 aromatic heterocycles. The Morgan fingerprint density at radius 3 is 2.88 bits per heavy atom. The van der Waals surface area contributed by atoms with Crippen LogP contribution in [0.4, 0.5) is 5.13 Å². The lowest BCUT2D eigenvalue weighted by Crippen LogP contribution is -2.19. The summed E-state index contributed by atoms with van der Waals surface area (Å²) in [5.74, 6) is 0.502. The van der Waals surface area contributed by atoms with Gasteiger partial charge in [-0.1, -0.05) is 0 Å². The number of nitrogens with zero attached hydrogens (tertiary/aromatic N) is 2. The van der Waals surface area contributed by atoms with E-state index >= 15 is 0 Å². The standard InChI is InChI=1S/C12H18N2O2S/c1-4-16-11(15)10-8(2)17-12(13-10)14(3)7-9-5-6-9/h9H,4-7H2,1-3H3. The van der Waals surface area contributed by atoms with Crippen LogP contribution in [0, 0.1) is 12.8 Å². The second-order valence-corrected chi connectivity index (χ2v) is 5.63. The van der Waals surface area contributed by atoms with Crippen LogP contribution in [0.1, 0.15) is 35.1 Å². The van der Waals surface area contributed by atoms with Crippen molar-refractivity contribution in [1.29, 1.82) is 0 Å². The fourth-order valence-corrected chi connectivity index (χ4v) is 2.57. The van der Waals surface area contributed by atoms with Crippen molar-refractivity contribution < 1.29 is 9.53 Å². The van der Waals surface area contributed by atoms with Gasteiger partial charge in [0, 0.05) is 18.5 Å². The van der Waals surface area contributed by atoms with E-state index in [2.05, 4.69) is 9.88 Å². The van der Waals surface area contributed by atoms with Crippen LogP contribution in [-0.2, 0) is 4.74 Å². The zero-order valence-corrected chi connectivity index (χ0v) is 11.3. The summed E-state index contributed by atoms with van der Waals surface area (Å²) in [6.07, 6.45) is 2.64. The van der Waals surface area contributed by atoms with Gasteiger partial charge in [-0.2, -0.15) is 0 Å². The van der Waals surface area contributed by atoms with Crippen LogP contribution in [0.25, 0.3) is 0 Å². The van der Waals surface area contributed by atoms with Gasteiger partial charge < -0.3 is 9.64 Å². The molecule has 0 amide bonds. The molecule has 1 aliphatic carbocycles. The highest BCUT2D eigenvalue weighted by Gasteiger charge is 2.25. The van der Waals surface area contributed by atoms with Crippen LogP contribution in [0.2, 0.25) is 0 Å². The smallest absolute Gasteiger partial charge is 0.358 e. The predicted molar refractivity (Wildman–Crippen MR) is 68.8 cm³/mol. The number of hydrogen-bond donors (Lipinski definition) is 0. The number of carbonyl (C=O) groups excluding carboxylic acids is 1. The average molecular weight is 254 g/mol. The van der Waals surface area contributed by atoms with E-state index in [-0.39, 0.29) is 5.97 Å². The van der Waals surface area contributed by atoms with E-state index in [9.17, 15) is 4.79 Å². The molecule has 0 unspecified atom stereocenters. The summed E-state index contributed by atoms with van der Waals surface area (Å²) in [6.45, 7) is 5.15. The van der Waals surface area contributed by atoms with Crippen LogP contribution in [-0.4, -0.2) is 31.2 Å². The van der Waals surface area contributed by atoms with E-state index in [0.29, 0.717) is 12.3 Å². The molecule has 0 spiro atoms. The fourth-order valence-electron chi connectivity index (χ4n) is 1.70. The van der Waals surface area contributed by atoms with E-state index in [4.69, 9.17) is 4.74 Å². The molecule has 94 valence electrons. The number of carbonyl (C=O) groups is 1. The van der Waals surface area contributed by atoms with Crippen LogP contribution in [0.3, 0.4) is 0 Å². The van der Waals surface area contributed by atoms with Crippen molar-refractivity contribution in [3.05, 3.63) is 10.6 Å². The first kappa shape index (κ1) is 12.4. The van der Waals surface area contributed by atoms with Crippen molar-refractivity contribution in [1.82, 2.24) is 4.98 Å². The molecule has 0 atom stereocenters. The third kappa shape index (κ3) is 2.97. The summed E-state index contributed by atoms with van der Waals surface area (Å²) in [7, 11) is 2.03. The Kier molecular flexibility index (Phi) is 3.66. The minimum absolute atomic E-state index is 0.313. The molecule has 0 aliphatic heterocycles. The van der Waals surface area contributed by atoms with Gasteiger partial charge in [0.1, 0.15) is 0 Å². The first-order valence-corrected chi connectivity index (χ1v) is 6.79. The van der Waals surface area contributed by atoms with Crippen molar-refractivity contribution >= 4 is 22.4 Å². The third-order valence-corrected chi connectivity index (χ3v) is 3.89. The van der Waals surface area contributed by atoms with Gasteiger partial charge in [0.15, 0.2) is 10.8 Å². The number of thiazole rings is 1. The summed E-state index contributed by atoms with van der Waals surface area (Å²) in [6, 6.07) is 0. The normalized spacial score (nSPS) is 14.8. The zero-order chi connectivity index (χ0) is 12.4. The Bertz CT molecular complexity index is 413. The van der Waals surface area contributed by atoms with E-state index in [1.807, 2.05) is 14.0 Å². The Morgan fingerprint density at radius 2 is 2.29 bits per heavy atom. The van der Waals surface area contributed by atoms with E-state index in [1.54, 1.807) is 18.3 Å². The van der Waals surface area contributed by atoms with Gasteiger partial charge in [0.2, 0.25) is 0 Å². The quantitative estimate of drug-likeness (QED) is 0.757. The van der Waals surface area contributed by atoms with Gasteiger partial charge >= 0.3 is 5.97 Å². The topological polar surface area (TPSA) is 42.4 Å². The largest absolute Gasteiger partial charge is 0.461 e. The number of esters is 1. The Labute approximate surface area is 106 Å². The van der Waals surface area contributed by atoms with Gasteiger partial charge in [0.25, 0.3) is 0 Å². The molecule has 0 radical (unpaired) electrons. The molecule has 1 aliphatic rings. The molecular formula is C12H18N2O2S. The molecule has 0 N–H and O–H groups in total. The molecule has 1 saturated carbocycles. The number of ether oxygens (including phenoxy) is 1. The minimum Gasteiger partial charge on any atom is -0.461 e. The van der Waals surface area contributed by atoms with Gasteiger partial charge in [-0.05, 0) is 32.6 Å². The molecule has 1 heterocycles. The molecule has 17 heavy (non-hydrogen) atoms. The number of rotatable bonds is 5. The van der Waals surface area contributed by atoms with Gasteiger partial charge in [-0.25, -0.2) is 9.78 Å². The maximum atomic E-state index is 11.6. The molecule has 0 aromatic carbocycles.